The summed E-state index contributed by atoms with van der Waals surface area (Å²) in [4.78, 5) is 0. The molecule has 0 heterocycles. The maximum atomic E-state index is 9.87. The number of benzene rings is 1. The van der Waals surface area contributed by atoms with Crippen molar-refractivity contribution in [2.45, 2.75) is 58.3 Å². The zero-order valence-electron chi connectivity index (χ0n) is 12.2. The number of halogens is 1. The molecule has 110 valence electrons. The number of rotatable bonds is 5. The van der Waals surface area contributed by atoms with E-state index in [-0.39, 0.29) is 24.0 Å². The van der Waals surface area contributed by atoms with Crippen molar-refractivity contribution < 1.29 is 9.84 Å². The molecule has 0 amide bonds. The average molecular weight is 288 g/mol. The summed E-state index contributed by atoms with van der Waals surface area (Å²) in [5.74, 6) is 0.823. The van der Waals surface area contributed by atoms with Crippen LogP contribution in [0.5, 0.6) is 5.75 Å². The summed E-state index contributed by atoms with van der Waals surface area (Å²) in [6, 6.07) is 7.32. The van der Waals surface area contributed by atoms with Gasteiger partial charge in [-0.3, -0.25) is 0 Å². The predicted molar refractivity (Wildman–Crippen MR) is 81.9 cm³/mol. The molecule has 1 aromatic rings. The minimum absolute atomic E-state index is 0. The maximum Gasteiger partial charge on any atom is 0.120 e. The van der Waals surface area contributed by atoms with Gasteiger partial charge in [-0.15, -0.1) is 12.4 Å². The quantitative estimate of drug-likeness (QED) is 0.872. The molecular formula is C15H26ClNO2. The van der Waals surface area contributed by atoms with E-state index in [1.165, 1.54) is 0 Å². The lowest BCUT2D eigenvalue weighted by atomic mass is 9.99. The van der Waals surface area contributed by atoms with Gasteiger partial charge in [-0.1, -0.05) is 25.5 Å². The standard InChI is InChI=1S/C15H25NO2.ClH/c1-5-6-13(17)14(16)11-7-9-12(10-8-11)18-15(2,3)4;/h7-10,13-14,17H,5-6,16H2,1-4H3;1H/t13-,14+;/m0./s1. The van der Waals surface area contributed by atoms with Gasteiger partial charge in [0, 0.05) is 0 Å². The van der Waals surface area contributed by atoms with Gasteiger partial charge in [0.15, 0.2) is 0 Å². The highest BCUT2D eigenvalue weighted by Crippen LogP contribution is 2.23. The van der Waals surface area contributed by atoms with Gasteiger partial charge in [0.25, 0.3) is 0 Å². The van der Waals surface area contributed by atoms with Crippen LogP contribution >= 0.6 is 12.4 Å². The highest BCUT2D eigenvalue weighted by atomic mass is 35.5. The smallest absolute Gasteiger partial charge is 0.120 e. The molecule has 0 aromatic heterocycles. The summed E-state index contributed by atoms with van der Waals surface area (Å²) < 4.78 is 5.74. The van der Waals surface area contributed by atoms with Crippen LogP contribution in [0.1, 0.15) is 52.1 Å². The Balaban J connectivity index is 0.00000324. The molecule has 0 radical (unpaired) electrons. The van der Waals surface area contributed by atoms with Gasteiger partial charge in [0.05, 0.1) is 12.1 Å². The Kier molecular flexibility index (Phi) is 7.42. The molecular weight excluding hydrogens is 262 g/mol. The van der Waals surface area contributed by atoms with E-state index < -0.39 is 6.10 Å². The van der Waals surface area contributed by atoms with Gasteiger partial charge in [-0.05, 0) is 44.9 Å². The molecule has 0 spiro atoms. The number of aliphatic hydroxyl groups excluding tert-OH is 1. The molecule has 1 rings (SSSR count). The summed E-state index contributed by atoms with van der Waals surface area (Å²) in [7, 11) is 0. The number of nitrogens with two attached hydrogens (primary N) is 1. The van der Waals surface area contributed by atoms with Crippen molar-refractivity contribution in [2.75, 3.05) is 0 Å². The Hall–Kier alpha value is -0.770. The van der Waals surface area contributed by atoms with Crippen LogP contribution in [0.15, 0.2) is 24.3 Å². The van der Waals surface area contributed by atoms with Crippen LogP contribution in [0.2, 0.25) is 0 Å². The SMILES string of the molecule is CCC[C@H](O)[C@H](N)c1ccc(OC(C)(C)C)cc1.Cl. The van der Waals surface area contributed by atoms with Gasteiger partial charge >= 0.3 is 0 Å². The van der Waals surface area contributed by atoms with E-state index in [9.17, 15) is 5.11 Å². The second-order valence-electron chi connectivity index (χ2n) is 5.67. The highest BCUT2D eigenvalue weighted by molar-refractivity contribution is 5.85. The second-order valence-corrected chi connectivity index (χ2v) is 5.67. The summed E-state index contributed by atoms with van der Waals surface area (Å²) >= 11 is 0. The minimum atomic E-state index is -0.482. The van der Waals surface area contributed by atoms with E-state index in [1.807, 2.05) is 52.0 Å². The summed E-state index contributed by atoms with van der Waals surface area (Å²) in [5.41, 5.74) is 6.75. The van der Waals surface area contributed by atoms with Crippen molar-refractivity contribution >= 4 is 12.4 Å². The third-order valence-electron chi connectivity index (χ3n) is 2.69. The fourth-order valence-electron chi connectivity index (χ4n) is 1.81. The lowest BCUT2D eigenvalue weighted by Crippen LogP contribution is -2.26. The van der Waals surface area contributed by atoms with Crippen molar-refractivity contribution in [3.8, 4) is 5.75 Å². The third kappa shape index (κ3) is 6.28. The van der Waals surface area contributed by atoms with E-state index in [0.717, 1.165) is 24.2 Å². The number of ether oxygens (including phenoxy) is 1. The molecule has 0 aliphatic heterocycles. The van der Waals surface area contributed by atoms with Crippen LogP contribution in [0.4, 0.5) is 0 Å². The van der Waals surface area contributed by atoms with E-state index in [1.54, 1.807) is 0 Å². The van der Waals surface area contributed by atoms with Crippen molar-refractivity contribution in [1.82, 2.24) is 0 Å². The number of hydrogen-bond donors (Lipinski definition) is 2. The fourth-order valence-corrected chi connectivity index (χ4v) is 1.81. The monoisotopic (exact) mass is 287 g/mol. The van der Waals surface area contributed by atoms with E-state index in [4.69, 9.17) is 10.5 Å². The Morgan fingerprint density at radius 1 is 1.21 bits per heavy atom. The first-order valence-electron chi connectivity index (χ1n) is 6.56. The predicted octanol–water partition coefficient (Wildman–Crippen LogP) is 3.45. The second kappa shape index (κ2) is 7.73. The Labute approximate surface area is 122 Å². The number of aliphatic hydroxyl groups is 1. The number of hydrogen-bond acceptors (Lipinski definition) is 3. The van der Waals surface area contributed by atoms with Crippen molar-refractivity contribution in [3.63, 3.8) is 0 Å². The fraction of sp³-hybridized carbons (Fsp3) is 0.600. The molecule has 0 aliphatic carbocycles. The molecule has 0 unspecified atom stereocenters. The highest BCUT2D eigenvalue weighted by Gasteiger charge is 2.16. The van der Waals surface area contributed by atoms with Crippen LogP contribution in [-0.4, -0.2) is 16.8 Å². The van der Waals surface area contributed by atoms with E-state index >= 15 is 0 Å². The van der Waals surface area contributed by atoms with Gasteiger partial charge < -0.3 is 15.6 Å². The molecule has 0 saturated carbocycles. The molecule has 2 atom stereocenters. The summed E-state index contributed by atoms with van der Waals surface area (Å²) in [6.07, 6.45) is 1.17. The molecule has 0 fully saturated rings. The molecule has 3 N–H and O–H groups in total. The van der Waals surface area contributed by atoms with Crippen LogP contribution in [-0.2, 0) is 0 Å². The van der Waals surface area contributed by atoms with Crippen LogP contribution in [0.25, 0.3) is 0 Å². The Morgan fingerprint density at radius 2 is 1.74 bits per heavy atom. The first kappa shape index (κ1) is 18.2. The molecule has 4 heteroatoms. The maximum absolute atomic E-state index is 9.87. The molecule has 0 aliphatic rings. The van der Waals surface area contributed by atoms with Crippen molar-refractivity contribution in [1.29, 1.82) is 0 Å². The van der Waals surface area contributed by atoms with Crippen LogP contribution in [0, 0.1) is 0 Å². The molecule has 0 bridgehead atoms. The van der Waals surface area contributed by atoms with Crippen molar-refractivity contribution in [2.24, 2.45) is 5.73 Å². The largest absolute Gasteiger partial charge is 0.488 e. The normalized spacial score (nSPS) is 14.4. The van der Waals surface area contributed by atoms with Gasteiger partial charge in [-0.25, -0.2) is 0 Å². The van der Waals surface area contributed by atoms with E-state index in [2.05, 4.69) is 0 Å². The summed E-state index contributed by atoms with van der Waals surface area (Å²) in [5, 5.41) is 9.87. The summed E-state index contributed by atoms with van der Waals surface area (Å²) in [6.45, 7) is 8.07. The van der Waals surface area contributed by atoms with Crippen LogP contribution in [0.3, 0.4) is 0 Å². The van der Waals surface area contributed by atoms with E-state index in [0.29, 0.717) is 0 Å². The third-order valence-corrected chi connectivity index (χ3v) is 2.69. The zero-order chi connectivity index (χ0) is 13.8. The molecule has 1 aromatic carbocycles. The first-order chi connectivity index (χ1) is 8.33. The van der Waals surface area contributed by atoms with Gasteiger partial charge in [0.1, 0.15) is 11.4 Å². The topological polar surface area (TPSA) is 55.5 Å². The molecule has 0 saturated heterocycles. The van der Waals surface area contributed by atoms with Crippen molar-refractivity contribution in [3.05, 3.63) is 29.8 Å². The average Bonchev–Trinajstić information content (AvgIpc) is 2.27. The Bertz CT molecular complexity index is 359. The zero-order valence-corrected chi connectivity index (χ0v) is 13.0. The van der Waals surface area contributed by atoms with Gasteiger partial charge in [-0.2, -0.15) is 0 Å². The first-order valence-corrected chi connectivity index (χ1v) is 6.56. The molecule has 19 heavy (non-hydrogen) atoms. The minimum Gasteiger partial charge on any atom is -0.488 e. The van der Waals surface area contributed by atoms with Crippen LogP contribution < -0.4 is 10.5 Å². The Morgan fingerprint density at radius 3 is 2.16 bits per heavy atom. The lowest BCUT2D eigenvalue weighted by Gasteiger charge is -2.22. The van der Waals surface area contributed by atoms with Gasteiger partial charge in [0.2, 0.25) is 0 Å². The molecule has 3 nitrogen and oxygen atoms in total. The lowest BCUT2D eigenvalue weighted by molar-refractivity contribution is 0.129.